The van der Waals surface area contributed by atoms with Crippen molar-refractivity contribution in [2.24, 2.45) is 0 Å². The molecule has 0 aliphatic rings. The summed E-state index contributed by atoms with van der Waals surface area (Å²) in [5.74, 6) is 0.802. The van der Waals surface area contributed by atoms with Gasteiger partial charge in [0.1, 0.15) is 5.69 Å². The largest absolute Gasteiger partial charge is 0.343 e. The molecule has 2 aromatic heterocycles. The van der Waals surface area contributed by atoms with E-state index in [4.69, 9.17) is 0 Å². The molecule has 0 amide bonds. The second-order valence-electron chi connectivity index (χ2n) is 3.46. The van der Waals surface area contributed by atoms with Gasteiger partial charge in [-0.2, -0.15) is 5.10 Å². The number of nitrogens with zero attached hydrogens (tertiary/aromatic N) is 2. The van der Waals surface area contributed by atoms with Crippen LogP contribution in [-0.4, -0.2) is 20.2 Å². The van der Waals surface area contributed by atoms with Gasteiger partial charge in [-0.25, -0.2) is 4.98 Å². The Kier molecular flexibility index (Phi) is 2.04. The molecule has 2 heterocycles. The molecular formula is C12H10N4. The van der Waals surface area contributed by atoms with Crippen molar-refractivity contribution in [3.8, 4) is 22.6 Å². The highest BCUT2D eigenvalue weighted by Gasteiger charge is 2.10. The molecule has 0 radical (unpaired) electrons. The van der Waals surface area contributed by atoms with E-state index in [0.717, 1.165) is 22.6 Å². The van der Waals surface area contributed by atoms with Crippen LogP contribution in [0.25, 0.3) is 22.6 Å². The third-order valence-corrected chi connectivity index (χ3v) is 2.46. The highest BCUT2D eigenvalue weighted by atomic mass is 15.1. The number of aromatic nitrogens is 4. The molecule has 0 spiro atoms. The molecule has 0 atom stereocenters. The summed E-state index contributed by atoms with van der Waals surface area (Å²) in [4.78, 5) is 7.29. The summed E-state index contributed by atoms with van der Waals surface area (Å²) < 4.78 is 0. The van der Waals surface area contributed by atoms with Gasteiger partial charge in [0, 0.05) is 18.0 Å². The van der Waals surface area contributed by atoms with Crippen molar-refractivity contribution in [1.29, 1.82) is 0 Å². The summed E-state index contributed by atoms with van der Waals surface area (Å²) in [5, 5.41) is 7.03. The van der Waals surface area contributed by atoms with Crippen molar-refractivity contribution in [3.63, 3.8) is 0 Å². The van der Waals surface area contributed by atoms with Gasteiger partial charge >= 0.3 is 0 Å². The standard InChI is InChI=1S/C12H10N4/c1-2-4-9(5-3-1)10-8-15-16-11(10)12-13-6-7-14-12/h1-8H,(H,13,14)(H,15,16). The molecule has 0 aliphatic carbocycles. The molecule has 3 aromatic rings. The first-order chi connectivity index (χ1) is 7.95. The lowest BCUT2D eigenvalue weighted by atomic mass is 10.1. The number of imidazole rings is 1. The molecular weight excluding hydrogens is 200 g/mol. The van der Waals surface area contributed by atoms with E-state index in [1.54, 1.807) is 12.4 Å². The first-order valence-electron chi connectivity index (χ1n) is 5.03. The van der Waals surface area contributed by atoms with Crippen LogP contribution in [0.5, 0.6) is 0 Å². The summed E-state index contributed by atoms with van der Waals surface area (Å²) >= 11 is 0. The van der Waals surface area contributed by atoms with E-state index in [1.807, 2.05) is 24.4 Å². The van der Waals surface area contributed by atoms with Crippen LogP contribution in [0.1, 0.15) is 0 Å². The molecule has 0 unspecified atom stereocenters. The summed E-state index contributed by atoms with van der Waals surface area (Å²) in [5.41, 5.74) is 3.09. The number of hydrogen-bond acceptors (Lipinski definition) is 2. The molecule has 1 aromatic carbocycles. The average molecular weight is 210 g/mol. The number of aromatic amines is 2. The fourth-order valence-corrected chi connectivity index (χ4v) is 1.71. The quantitative estimate of drug-likeness (QED) is 0.682. The lowest BCUT2D eigenvalue weighted by Crippen LogP contribution is -1.84. The number of benzene rings is 1. The third-order valence-electron chi connectivity index (χ3n) is 2.46. The van der Waals surface area contributed by atoms with Crippen molar-refractivity contribution in [3.05, 3.63) is 48.9 Å². The van der Waals surface area contributed by atoms with Crippen LogP contribution in [0.3, 0.4) is 0 Å². The molecule has 2 N–H and O–H groups in total. The predicted octanol–water partition coefficient (Wildman–Crippen LogP) is 2.47. The van der Waals surface area contributed by atoms with Gasteiger partial charge in [0.25, 0.3) is 0 Å². The van der Waals surface area contributed by atoms with Gasteiger partial charge in [-0.3, -0.25) is 5.10 Å². The van der Waals surface area contributed by atoms with Crippen LogP contribution in [0.2, 0.25) is 0 Å². The Labute approximate surface area is 92.4 Å². The molecule has 0 saturated heterocycles. The summed E-state index contributed by atoms with van der Waals surface area (Å²) in [6.07, 6.45) is 5.34. The molecule has 0 fully saturated rings. The number of nitrogens with one attached hydrogen (secondary N) is 2. The van der Waals surface area contributed by atoms with Crippen molar-refractivity contribution < 1.29 is 0 Å². The van der Waals surface area contributed by atoms with E-state index in [2.05, 4.69) is 32.3 Å². The van der Waals surface area contributed by atoms with E-state index in [0.29, 0.717) is 0 Å². The Balaban J connectivity index is 2.14. The lowest BCUT2D eigenvalue weighted by molar-refractivity contribution is 1.08. The van der Waals surface area contributed by atoms with Crippen molar-refractivity contribution in [1.82, 2.24) is 20.2 Å². The first-order valence-corrected chi connectivity index (χ1v) is 5.03. The number of hydrogen-bond donors (Lipinski definition) is 2. The summed E-state index contributed by atoms with van der Waals surface area (Å²) in [7, 11) is 0. The van der Waals surface area contributed by atoms with Crippen LogP contribution >= 0.6 is 0 Å². The smallest absolute Gasteiger partial charge is 0.156 e. The molecule has 4 nitrogen and oxygen atoms in total. The van der Waals surface area contributed by atoms with E-state index in [9.17, 15) is 0 Å². The summed E-state index contributed by atoms with van der Waals surface area (Å²) in [6.45, 7) is 0. The van der Waals surface area contributed by atoms with Crippen LogP contribution in [-0.2, 0) is 0 Å². The Bertz CT molecular complexity index is 566. The fraction of sp³-hybridized carbons (Fsp3) is 0. The van der Waals surface area contributed by atoms with Gasteiger partial charge in [-0.1, -0.05) is 30.3 Å². The second kappa shape index (κ2) is 3.66. The van der Waals surface area contributed by atoms with Gasteiger partial charge in [0.15, 0.2) is 5.82 Å². The van der Waals surface area contributed by atoms with E-state index in [-0.39, 0.29) is 0 Å². The second-order valence-corrected chi connectivity index (χ2v) is 3.46. The first kappa shape index (κ1) is 8.91. The maximum absolute atomic E-state index is 4.22. The van der Waals surface area contributed by atoms with Crippen molar-refractivity contribution >= 4 is 0 Å². The van der Waals surface area contributed by atoms with Gasteiger partial charge in [-0.15, -0.1) is 0 Å². The molecule has 4 heteroatoms. The monoisotopic (exact) mass is 210 g/mol. The minimum atomic E-state index is 0.802. The average Bonchev–Trinajstić information content (AvgIpc) is 3.01. The van der Waals surface area contributed by atoms with Gasteiger partial charge in [-0.05, 0) is 5.56 Å². The Morgan fingerprint density at radius 2 is 1.94 bits per heavy atom. The highest BCUT2D eigenvalue weighted by molar-refractivity contribution is 5.77. The summed E-state index contributed by atoms with van der Waals surface area (Å²) in [6, 6.07) is 10.1. The molecule has 78 valence electrons. The molecule has 16 heavy (non-hydrogen) atoms. The topological polar surface area (TPSA) is 57.4 Å². The van der Waals surface area contributed by atoms with Crippen LogP contribution < -0.4 is 0 Å². The van der Waals surface area contributed by atoms with Crippen molar-refractivity contribution in [2.45, 2.75) is 0 Å². The Hall–Kier alpha value is -2.36. The Morgan fingerprint density at radius 1 is 1.06 bits per heavy atom. The zero-order valence-corrected chi connectivity index (χ0v) is 8.51. The minimum Gasteiger partial charge on any atom is -0.343 e. The molecule has 3 rings (SSSR count). The normalized spacial score (nSPS) is 10.5. The maximum atomic E-state index is 4.22. The number of rotatable bonds is 2. The lowest BCUT2D eigenvalue weighted by Gasteiger charge is -1.99. The van der Waals surface area contributed by atoms with Crippen LogP contribution in [0.15, 0.2) is 48.9 Å². The van der Waals surface area contributed by atoms with Gasteiger partial charge < -0.3 is 4.98 Å². The van der Waals surface area contributed by atoms with E-state index >= 15 is 0 Å². The van der Waals surface area contributed by atoms with Gasteiger partial charge in [0.05, 0.1) is 6.20 Å². The minimum absolute atomic E-state index is 0.802. The zero-order valence-electron chi connectivity index (χ0n) is 8.51. The van der Waals surface area contributed by atoms with Gasteiger partial charge in [0.2, 0.25) is 0 Å². The highest BCUT2D eigenvalue weighted by Crippen LogP contribution is 2.27. The van der Waals surface area contributed by atoms with Crippen molar-refractivity contribution in [2.75, 3.05) is 0 Å². The molecule has 0 saturated carbocycles. The van der Waals surface area contributed by atoms with E-state index in [1.165, 1.54) is 0 Å². The molecule has 0 aliphatic heterocycles. The Morgan fingerprint density at radius 3 is 2.69 bits per heavy atom. The molecule has 0 bridgehead atoms. The van der Waals surface area contributed by atoms with E-state index < -0.39 is 0 Å². The predicted molar refractivity (Wildman–Crippen MR) is 61.6 cm³/mol. The third kappa shape index (κ3) is 1.40. The zero-order chi connectivity index (χ0) is 10.8. The van der Waals surface area contributed by atoms with Crippen LogP contribution in [0, 0.1) is 0 Å². The number of H-pyrrole nitrogens is 2. The fourth-order valence-electron chi connectivity index (χ4n) is 1.71. The van der Waals surface area contributed by atoms with Crippen LogP contribution in [0.4, 0.5) is 0 Å². The SMILES string of the molecule is c1ccc(-c2cn[nH]c2-c2ncc[nH]2)cc1. The maximum Gasteiger partial charge on any atom is 0.156 e.